The van der Waals surface area contributed by atoms with E-state index in [9.17, 15) is 8.42 Å². The number of sulfone groups is 1. The van der Waals surface area contributed by atoms with Gasteiger partial charge in [0, 0.05) is 19.6 Å². The van der Waals surface area contributed by atoms with Crippen molar-refractivity contribution < 1.29 is 13.2 Å². The molecule has 126 valence electrons. The molecule has 1 spiro atoms. The molecule has 1 aromatic rings. The molecule has 2 aliphatic rings. The van der Waals surface area contributed by atoms with Crippen molar-refractivity contribution in [2.45, 2.75) is 36.7 Å². The van der Waals surface area contributed by atoms with Crippen molar-refractivity contribution in [3.63, 3.8) is 0 Å². The Bertz CT molecular complexity index is 659. The van der Waals surface area contributed by atoms with E-state index in [2.05, 4.69) is 17.9 Å². The number of hydrogen-bond donors (Lipinski definition) is 0. The average Bonchev–Trinajstić information content (AvgIpc) is 2.55. The van der Waals surface area contributed by atoms with Crippen molar-refractivity contribution in [3.8, 4) is 0 Å². The highest BCUT2D eigenvalue weighted by atomic mass is 32.2. The number of piperidine rings is 1. The second-order valence-electron chi connectivity index (χ2n) is 6.63. The number of ether oxygens (including phenoxy) is 1. The van der Waals surface area contributed by atoms with E-state index < -0.39 is 9.84 Å². The summed E-state index contributed by atoms with van der Waals surface area (Å²) in [6.07, 6.45) is 5.22. The predicted molar refractivity (Wildman–Crippen MR) is 91.2 cm³/mol. The zero-order chi connectivity index (χ0) is 16.3. The minimum Gasteiger partial charge on any atom is -0.370 e. The normalized spacial score (nSPS) is 22.0. The first-order valence-corrected chi connectivity index (χ1v) is 9.97. The molecule has 1 fully saturated rings. The van der Waals surface area contributed by atoms with E-state index in [4.69, 9.17) is 4.74 Å². The lowest BCUT2D eigenvalue weighted by Gasteiger charge is -2.42. The molecular weight excluding hydrogens is 310 g/mol. The van der Waals surface area contributed by atoms with Crippen molar-refractivity contribution in [3.05, 3.63) is 42.0 Å². The van der Waals surface area contributed by atoms with Crippen LogP contribution >= 0.6 is 0 Å². The van der Waals surface area contributed by atoms with Gasteiger partial charge >= 0.3 is 0 Å². The van der Waals surface area contributed by atoms with E-state index in [1.54, 1.807) is 24.3 Å². The third-order valence-electron chi connectivity index (χ3n) is 4.88. The van der Waals surface area contributed by atoms with Crippen molar-refractivity contribution >= 4 is 9.84 Å². The van der Waals surface area contributed by atoms with Crippen LogP contribution in [-0.2, 0) is 14.6 Å². The highest BCUT2D eigenvalue weighted by Crippen LogP contribution is 2.32. The van der Waals surface area contributed by atoms with Gasteiger partial charge in [0.2, 0.25) is 0 Å². The van der Waals surface area contributed by atoms with Crippen LogP contribution < -0.4 is 0 Å². The molecule has 0 radical (unpaired) electrons. The molecular formula is C18H25NO3S. The van der Waals surface area contributed by atoms with Gasteiger partial charge in [-0.2, -0.15) is 0 Å². The van der Waals surface area contributed by atoms with Gasteiger partial charge in [0.05, 0.1) is 22.9 Å². The fourth-order valence-electron chi connectivity index (χ4n) is 3.42. The average molecular weight is 335 g/mol. The van der Waals surface area contributed by atoms with Crippen molar-refractivity contribution in [1.29, 1.82) is 0 Å². The molecule has 2 aliphatic heterocycles. The zero-order valence-electron chi connectivity index (χ0n) is 13.7. The summed E-state index contributed by atoms with van der Waals surface area (Å²) < 4.78 is 30.7. The summed E-state index contributed by atoms with van der Waals surface area (Å²) >= 11 is 0. The van der Waals surface area contributed by atoms with Crippen molar-refractivity contribution in [2.75, 3.05) is 32.0 Å². The topological polar surface area (TPSA) is 46.6 Å². The Balaban J connectivity index is 1.55. The molecule has 1 saturated heterocycles. The Morgan fingerprint density at radius 3 is 2.52 bits per heavy atom. The first kappa shape index (κ1) is 16.7. The first-order chi connectivity index (χ1) is 11.0. The number of benzene rings is 1. The Morgan fingerprint density at radius 1 is 1.17 bits per heavy atom. The maximum atomic E-state index is 12.4. The van der Waals surface area contributed by atoms with Gasteiger partial charge < -0.3 is 9.64 Å². The predicted octanol–water partition coefficient (Wildman–Crippen LogP) is 2.66. The van der Waals surface area contributed by atoms with Crippen LogP contribution in [0.1, 0.15) is 26.2 Å². The summed E-state index contributed by atoms with van der Waals surface area (Å²) in [6, 6.07) is 8.72. The van der Waals surface area contributed by atoms with Gasteiger partial charge in [-0.3, -0.25) is 0 Å². The second-order valence-corrected chi connectivity index (χ2v) is 8.74. The van der Waals surface area contributed by atoms with Crippen LogP contribution in [0, 0.1) is 0 Å². The van der Waals surface area contributed by atoms with Gasteiger partial charge in [0.25, 0.3) is 0 Å². The van der Waals surface area contributed by atoms with E-state index in [1.807, 2.05) is 6.07 Å². The van der Waals surface area contributed by atoms with E-state index in [-0.39, 0.29) is 11.4 Å². The molecule has 0 aliphatic carbocycles. The summed E-state index contributed by atoms with van der Waals surface area (Å²) in [5, 5.41) is 0. The fourth-order valence-corrected chi connectivity index (χ4v) is 4.72. The summed E-state index contributed by atoms with van der Waals surface area (Å²) in [5.41, 5.74) is 1.31. The molecule has 1 aromatic carbocycles. The quantitative estimate of drug-likeness (QED) is 0.794. The SMILES string of the molecule is CC1=CC2(CCN(CCS(=O)(=O)c3ccccc3)CC2)OCC1. The monoisotopic (exact) mass is 335 g/mol. The highest BCUT2D eigenvalue weighted by Gasteiger charge is 2.35. The number of hydrogen-bond acceptors (Lipinski definition) is 4. The number of likely N-dealkylation sites (tertiary alicyclic amines) is 1. The minimum absolute atomic E-state index is 0.100. The van der Waals surface area contributed by atoms with Crippen LogP contribution in [0.3, 0.4) is 0 Å². The lowest BCUT2D eigenvalue weighted by Crippen LogP contribution is -2.47. The summed E-state index contributed by atoms with van der Waals surface area (Å²) in [6.45, 7) is 5.37. The van der Waals surface area contributed by atoms with E-state index in [0.717, 1.165) is 39.0 Å². The molecule has 0 aromatic heterocycles. The van der Waals surface area contributed by atoms with Gasteiger partial charge in [-0.05, 0) is 38.3 Å². The Labute approximate surface area is 139 Å². The summed E-state index contributed by atoms with van der Waals surface area (Å²) in [4.78, 5) is 2.66. The molecule has 5 heteroatoms. The van der Waals surface area contributed by atoms with Crippen molar-refractivity contribution in [2.24, 2.45) is 0 Å². The lowest BCUT2D eigenvalue weighted by atomic mass is 9.87. The number of nitrogens with zero attached hydrogens (tertiary/aromatic N) is 1. The Hall–Kier alpha value is -1.17. The van der Waals surface area contributed by atoms with E-state index >= 15 is 0 Å². The van der Waals surface area contributed by atoms with Gasteiger partial charge in [0.1, 0.15) is 0 Å². The Kier molecular flexibility index (Phi) is 4.90. The zero-order valence-corrected chi connectivity index (χ0v) is 14.5. The molecule has 0 saturated carbocycles. The van der Waals surface area contributed by atoms with Crippen LogP contribution in [0.15, 0.2) is 46.9 Å². The van der Waals surface area contributed by atoms with Crippen LogP contribution in [0.2, 0.25) is 0 Å². The van der Waals surface area contributed by atoms with Gasteiger partial charge in [-0.25, -0.2) is 8.42 Å². The minimum atomic E-state index is -3.19. The van der Waals surface area contributed by atoms with Gasteiger partial charge in [0.15, 0.2) is 9.84 Å². The fraction of sp³-hybridized carbons (Fsp3) is 0.556. The summed E-state index contributed by atoms with van der Waals surface area (Å²) in [5.74, 6) is 0.180. The second kappa shape index (κ2) is 6.75. The molecule has 3 rings (SSSR count). The highest BCUT2D eigenvalue weighted by molar-refractivity contribution is 7.91. The van der Waals surface area contributed by atoms with Crippen LogP contribution in [-0.4, -0.2) is 50.9 Å². The smallest absolute Gasteiger partial charge is 0.179 e. The molecule has 0 bridgehead atoms. The third kappa shape index (κ3) is 4.03. The maximum Gasteiger partial charge on any atom is 0.179 e. The van der Waals surface area contributed by atoms with Crippen LogP contribution in [0.4, 0.5) is 0 Å². The molecule has 23 heavy (non-hydrogen) atoms. The molecule has 0 amide bonds. The lowest BCUT2D eigenvalue weighted by molar-refractivity contribution is -0.0556. The third-order valence-corrected chi connectivity index (χ3v) is 6.59. The van der Waals surface area contributed by atoms with Crippen LogP contribution in [0.5, 0.6) is 0 Å². The van der Waals surface area contributed by atoms with Gasteiger partial charge in [-0.1, -0.05) is 29.8 Å². The van der Waals surface area contributed by atoms with E-state index in [1.165, 1.54) is 5.57 Å². The molecule has 2 heterocycles. The van der Waals surface area contributed by atoms with E-state index in [0.29, 0.717) is 11.4 Å². The molecule has 0 atom stereocenters. The summed E-state index contributed by atoms with van der Waals surface area (Å²) in [7, 11) is -3.19. The number of rotatable bonds is 4. The standard InChI is InChI=1S/C18H25NO3S/c1-16-7-13-22-18(15-16)8-10-19(11-9-18)12-14-23(20,21)17-5-3-2-4-6-17/h2-6,15H,7-14H2,1H3. The molecule has 0 N–H and O–H groups in total. The maximum absolute atomic E-state index is 12.4. The first-order valence-electron chi connectivity index (χ1n) is 8.32. The largest absolute Gasteiger partial charge is 0.370 e. The molecule has 4 nitrogen and oxygen atoms in total. The molecule has 0 unspecified atom stereocenters. The Morgan fingerprint density at radius 2 is 1.87 bits per heavy atom. The van der Waals surface area contributed by atoms with Crippen LogP contribution in [0.25, 0.3) is 0 Å². The van der Waals surface area contributed by atoms with Crippen molar-refractivity contribution in [1.82, 2.24) is 4.90 Å². The van der Waals surface area contributed by atoms with Gasteiger partial charge in [-0.15, -0.1) is 0 Å².